The van der Waals surface area contributed by atoms with Crippen LogP contribution in [-0.4, -0.2) is 38.4 Å². The number of Topliss-reactive ketones (excluding diaryl/α,β-unsaturated/α-hetero) is 1. The molecule has 0 radical (unpaired) electrons. The molecule has 2 heterocycles. The van der Waals surface area contributed by atoms with Gasteiger partial charge in [-0.1, -0.05) is 30.3 Å². The van der Waals surface area contributed by atoms with E-state index in [9.17, 15) is 27.6 Å². The van der Waals surface area contributed by atoms with Crippen molar-refractivity contribution in [2.75, 3.05) is 0 Å². The van der Waals surface area contributed by atoms with Crippen molar-refractivity contribution < 1.29 is 27.6 Å². The number of ketones is 1. The second kappa shape index (κ2) is 11.6. The molecule has 4 rings (SSSR count). The van der Waals surface area contributed by atoms with Gasteiger partial charge in [0.2, 0.25) is 11.7 Å². The van der Waals surface area contributed by atoms with Crippen molar-refractivity contribution in [1.82, 2.24) is 25.4 Å². The number of nitrogens with one attached hydrogen (secondary N) is 2. The maximum absolute atomic E-state index is 13.6. The van der Waals surface area contributed by atoms with E-state index in [0.717, 1.165) is 17.7 Å². The van der Waals surface area contributed by atoms with E-state index >= 15 is 0 Å². The van der Waals surface area contributed by atoms with Crippen molar-refractivity contribution >= 4 is 28.9 Å². The molecule has 0 bridgehead atoms. The summed E-state index contributed by atoms with van der Waals surface area (Å²) in [6, 6.07) is 9.36. The first kappa shape index (κ1) is 25.8. The molecule has 190 valence electrons. The van der Waals surface area contributed by atoms with Gasteiger partial charge in [-0.3, -0.25) is 19.1 Å². The fraction of sp³-hybridized carbons (Fsp3) is 0.160. The van der Waals surface area contributed by atoms with Gasteiger partial charge in [0.05, 0.1) is 12.7 Å². The number of rotatable bonds is 10. The van der Waals surface area contributed by atoms with Crippen LogP contribution in [0, 0.1) is 17.5 Å². The maximum Gasteiger partial charge on any atom is 0.289 e. The van der Waals surface area contributed by atoms with Crippen LogP contribution in [0.25, 0.3) is 11.1 Å². The maximum atomic E-state index is 13.6. The lowest BCUT2D eigenvalue weighted by molar-refractivity contribution is -0.140. The van der Waals surface area contributed by atoms with Crippen LogP contribution in [-0.2, 0) is 33.9 Å². The van der Waals surface area contributed by atoms with E-state index in [0.29, 0.717) is 5.01 Å². The highest BCUT2D eigenvalue weighted by Crippen LogP contribution is 2.23. The molecule has 0 aliphatic heterocycles. The van der Waals surface area contributed by atoms with Crippen molar-refractivity contribution in [3.8, 4) is 11.1 Å². The van der Waals surface area contributed by atoms with Crippen molar-refractivity contribution in [3.63, 3.8) is 0 Å². The molecule has 12 heteroatoms. The molecule has 0 aliphatic rings. The molecule has 2 N–H and O–H groups in total. The van der Waals surface area contributed by atoms with Gasteiger partial charge in [-0.2, -0.15) is 5.10 Å². The summed E-state index contributed by atoms with van der Waals surface area (Å²) >= 11 is 1.33. The number of hydrogen-bond acceptors (Lipinski definition) is 6. The Bertz CT molecular complexity index is 1390. The zero-order valence-electron chi connectivity index (χ0n) is 19.2. The topological polar surface area (TPSA) is 106 Å². The standard InChI is InChI=1S/C25H20F3N5O3S/c26-18-9-16(10-19(27)23(18)28)17-11-31-33(13-17)14-21(34)32-20(8-15-4-2-1-3-5-15)24(35)25(36)30-12-22-29-6-7-37-22/h1-7,9-11,13,20H,8,12,14H2,(H,30,36)(H,32,34)/t20-/m1/s1. The minimum Gasteiger partial charge on any atom is -0.344 e. The molecule has 0 aliphatic carbocycles. The highest BCUT2D eigenvalue weighted by atomic mass is 32.1. The third kappa shape index (κ3) is 6.67. The zero-order valence-corrected chi connectivity index (χ0v) is 20.0. The number of thiazole rings is 1. The van der Waals surface area contributed by atoms with Crippen LogP contribution in [0.5, 0.6) is 0 Å². The molecule has 4 aromatic rings. The van der Waals surface area contributed by atoms with Crippen LogP contribution in [0.2, 0.25) is 0 Å². The van der Waals surface area contributed by atoms with Crippen LogP contribution in [0.4, 0.5) is 13.2 Å². The second-order valence-corrected chi connectivity index (χ2v) is 8.94. The molecule has 0 fully saturated rings. The molecule has 0 spiro atoms. The first-order valence-electron chi connectivity index (χ1n) is 11.0. The van der Waals surface area contributed by atoms with E-state index in [-0.39, 0.29) is 30.6 Å². The van der Waals surface area contributed by atoms with E-state index in [4.69, 9.17) is 0 Å². The van der Waals surface area contributed by atoms with Gasteiger partial charge in [-0.25, -0.2) is 18.2 Å². The van der Waals surface area contributed by atoms with Gasteiger partial charge < -0.3 is 10.6 Å². The Labute approximate surface area is 213 Å². The number of halogens is 3. The van der Waals surface area contributed by atoms with Gasteiger partial charge in [-0.05, 0) is 23.3 Å². The fourth-order valence-corrected chi connectivity index (χ4v) is 4.07. The normalized spacial score (nSPS) is 11.6. The molecule has 0 unspecified atom stereocenters. The Hall–Kier alpha value is -4.32. The van der Waals surface area contributed by atoms with Crippen LogP contribution in [0.3, 0.4) is 0 Å². The second-order valence-electron chi connectivity index (χ2n) is 7.96. The van der Waals surface area contributed by atoms with E-state index in [1.54, 1.807) is 41.9 Å². The molecule has 2 aromatic carbocycles. The Morgan fingerprint density at radius 3 is 2.43 bits per heavy atom. The summed E-state index contributed by atoms with van der Waals surface area (Å²) in [5, 5.41) is 11.4. The number of benzene rings is 2. The quantitative estimate of drug-likeness (QED) is 0.244. The van der Waals surface area contributed by atoms with Crippen LogP contribution < -0.4 is 10.6 Å². The minimum absolute atomic E-state index is 0.0390. The Morgan fingerprint density at radius 1 is 1.03 bits per heavy atom. The molecule has 2 aromatic heterocycles. The van der Waals surface area contributed by atoms with E-state index < -0.39 is 41.1 Å². The van der Waals surface area contributed by atoms with Crippen molar-refractivity contribution in [3.05, 3.63) is 94.5 Å². The number of aromatic nitrogens is 3. The van der Waals surface area contributed by atoms with Crippen molar-refractivity contribution in [1.29, 1.82) is 0 Å². The lowest BCUT2D eigenvalue weighted by atomic mass is 10.0. The van der Waals surface area contributed by atoms with E-state index in [1.165, 1.54) is 28.4 Å². The molecular weight excluding hydrogens is 507 g/mol. The summed E-state index contributed by atoms with van der Waals surface area (Å²) in [7, 11) is 0. The predicted molar refractivity (Wildman–Crippen MR) is 129 cm³/mol. The lowest BCUT2D eigenvalue weighted by Crippen LogP contribution is -2.49. The average Bonchev–Trinajstić information content (AvgIpc) is 3.58. The Morgan fingerprint density at radius 2 is 1.76 bits per heavy atom. The summed E-state index contributed by atoms with van der Waals surface area (Å²) in [5.41, 5.74) is 1.02. The molecule has 8 nitrogen and oxygen atoms in total. The number of carbonyl (C=O) groups excluding carboxylic acids is 3. The molecule has 0 saturated heterocycles. The summed E-state index contributed by atoms with van der Waals surface area (Å²) in [4.78, 5) is 42.2. The molecule has 37 heavy (non-hydrogen) atoms. The van der Waals surface area contributed by atoms with Gasteiger partial charge in [0.1, 0.15) is 17.6 Å². The van der Waals surface area contributed by atoms with Gasteiger partial charge in [0.15, 0.2) is 17.5 Å². The highest BCUT2D eigenvalue weighted by molar-refractivity contribution is 7.09. The monoisotopic (exact) mass is 527 g/mol. The Balaban J connectivity index is 1.44. The number of nitrogens with zero attached hydrogens (tertiary/aromatic N) is 3. The molecular formula is C25H20F3N5O3S. The molecule has 0 saturated carbocycles. The number of carbonyl (C=O) groups is 3. The molecule has 1 atom stereocenters. The van der Waals surface area contributed by atoms with Crippen LogP contribution >= 0.6 is 11.3 Å². The van der Waals surface area contributed by atoms with Gasteiger partial charge in [0, 0.05) is 29.8 Å². The lowest BCUT2D eigenvalue weighted by Gasteiger charge is -2.17. The third-order valence-electron chi connectivity index (χ3n) is 5.30. The van der Waals surface area contributed by atoms with E-state index in [2.05, 4.69) is 20.7 Å². The van der Waals surface area contributed by atoms with Gasteiger partial charge in [0.25, 0.3) is 5.91 Å². The number of amides is 2. The average molecular weight is 528 g/mol. The van der Waals surface area contributed by atoms with Crippen molar-refractivity contribution in [2.24, 2.45) is 0 Å². The highest BCUT2D eigenvalue weighted by Gasteiger charge is 2.27. The Kier molecular flexibility index (Phi) is 8.08. The largest absolute Gasteiger partial charge is 0.344 e. The van der Waals surface area contributed by atoms with E-state index in [1.807, 2.05) is 0 Å². The summed E-state index contributed by atoms with van der Waals surface area (Å²) in [6.07, 6.45) is 4.27. The predicted octanol–water partition coefficient (Wildman–Crippen LogP) is 3.04. The first-order valence-corrected chi connectivity index (χ1v) is 11.9. The third-order valence-corrected chi connectivity index (χ3v) is 6.08. The van der Waals surface area contributed by atoms with Gasteiger partial charge in [-0.15, -0.1) is 11.3 Å². The first-order chi connectivity index (χ1) is 17.8. The zero-order chi connectivity index (χ0) is 26.4. The van der Waals surface area contributed by atoms with Crippen LogP contribution in [0.1, 0.15) is 10.6 Å². The fourth-order valence-electron chi connectivity index (χ4n) is 3.51. The SMILES string of the molecule is O=C(Cn1cc(-c2cc(F)c(F)c(F)c2)cn1)N[C@H](Cc1ccccc1)C(=O)C(=O)NCc1nccs1. The summed E-state index contributed by atoms with van der Waals surface area (Å²) in [5.74, 6) is -6.59. The number of hydrogen-bond donors (Lipinski definition) is 2. The van der Waals surface area contributed by atoms with Crippen molar-refractivity contribution in [2.45, 2.75) is 25.6 Å². The van der Waals surface area contributed by atoms with Gasteiger partial charge >= 0.3 is 0 Å². The smallest absolute Gasteiger partial charge is 0.289 e. The van der Waals surface area contributed by atoms with Crippen LogP contribution in [0.15, 0.2) is 66.4 Å². The summed E-state index contributed by atoms with van der Waals surface area (Å²) in [6.45, 7) is -0.264. The molecule has 2 amide bonds. The minimum atomic E-state index is -1.58. The summed E-state index contributed by atoms with van der Waals surface area (Å²) < 4.78 is 41.6.